The average Bonchev–Trinajstić information content (AvgIpc) is 3.62. The van der Waals surface area contributed by atoms with Gasteiger partial charge in [0.1, 0.15) is 12.3 Å². The lowest BCUT2D eigenvalue weighted by Gasteiger charge is -2.41. The molecule has 56 heavy (non-hydrogen) atoms. The Hall–Kier alpha value is -6.76. The van der Waals surface area contributed by atoms with Gasteiger partial charge < -0.3 is 9.13 Å². The summed E-state index contributed by atoms with van der Waals surface area (Å²) in [6, 6.07) is 73.1. The fraction of sp³-hybridized carbons (Fsp3) is 0.0588. The number of hydrogen-bond donors (Lipinski definition) is 0. The van der Waals surface area contributed by atoms with E-state index < -0.39 is 0 Å². The molecule has 0 aliphatic carbocycles. The number of nitrogens with zero attached hydrogens (tertiary/aromatic N) is 5. The van der Waals surface area contributed by atoms with Crippen LogP contribution in [0.25, 0.3) is 66.1 Å². The van der Waals surface area contributed by atoms with Crippen molar-refractivity contribution in [1.82, 2.24) is 24.3 Å². The first-order valence-corrected chi connectivity index (χ1v) is 19.5. The zero-order chi connectivity index (χ0) is 36.7. The summed E-state index contributed by atoms with van der Waals surface area (Å²) in [5, 5.41) is 12.5. The molecule has 0 bridgehead atoms. The first-order valence-electron chi connectivity index (χ1n) is 19.5. The molecule has 10 aromatic rings. The molecule has 0 radical (unpaired) electrons. The zero-order valence-corrected chi connectivity index (χ0v) is 30.7. The van der Waals surface area contributed by atoms with E-state index >= 15 is 0 Å². The Morgan fingerprint density at radius 3 is 1.50 bits per heavy atom. The van der Waals surface area contributed by atoms with E-state index in [1.165, 1.54) is 82.8 Å². The van der Waals surface area contributed by atoms with E-state index in [-0.39, 0.29) is 12.3 Å². The van der Waals surface area contributed by atoms with E-state index in [1.807, 2.05) is 0 Å². The maximum absolute atomic E-state index is 2.51. The van der Waals surface area contributed by atoms with Crippen molar-refractivity contribution in [3.05, 3.63) is 217 Å². The van der Waals surface area contributed by atoms with Crippen LogP contribution in [0.15, 0.2) is 200 Å². The van der Waals surface area contributed by atoms with Gasteiger partial charge in [-0.3, -0.25) is 0 Å². The Bertz CT molecular complexity index is 3090. The SMILES string of the molecule is c1ccc(CN2C(c3cccc(-n4c5ccccc5c5cc(-c6ccc7c(c6)c6ccccc6n7-c6ccccc6)ccc54)c3)N3C(c4ccccc4)N23)cc1. The molecule has 4 heterocycles. The second-order valence-electron chi connectivity index (χ2n) is 15.0. The van der Waals surface area contributed by atoms with Crippen LogP contribution in [0.4, 0.5) is 0 Å². The largest absolute Gasteiger partial charge is 0.309 e. The molecule has 2 aliphatic heterocycles. The Kier molecular flexibility index (Phi) is 6.98. The topological polar surface area (TPSA) is 19.1 Å². The van der Waals surface area contributed by atoms with Crippen molar-refractivity contribution < 1.29 is 0 Å². The number of aromatic nitrogens is 2. The van der Waals surface area contributed by atoms with Gasteiger partial charge in [0.05, 0.1) is 22.1 Å². The fourth-order valence-corrected chi connectivity index (χ4v) is 9.32. The second kappa shape index (κ2) is 12.4. The lowest BCUT2D eigenvalue weighted by Crippen LogP contribution is -2.48. The molecule has 266 valence electrons. The molecule has 8 aromatic carbocycles. The second-order valence-corrected chi connectivity index (χ2v) is 15.0. The number of hydrazine groups is 2. The van der Waals surface area contributed by atoms with Crippen LogP contribution < -0.4 is 0 Å². The summed E-state index contributed by atoms with van der Waals surface area (Å²) in [6.07, 6.45) is 0.386. The number of hydrogen-bond acceptors (Lipinski definition) is 3. The van der Waals surface area contributed by atoms with Crippen LogP contribution in [0.2, 0.25) is 0 Å². The van der Waals surface area contributed by atoms with Gasteiger partial charge in [0.25, 0.3) is 0 Å². The van der Waals surface area contributed by atoms with Crippen molar-refractivity contribution in [3.8, 4) is 22.5 Å². The van der Waals surface area contributed by atoms with Crippen molar-refractivity contribution in [2.75, 3.05) is 0 Å². The zero-order valence-electron chi connectivity index (χ0n) is 30.7. The average molecular weight is 720 g/mol. The molecule has 5 nitrogen and oxygen atoms in total. The van der Waals surface area contributed by atoms with Gasteiger partial charge in [-0.15, -0.1) is 5.12 Å². The smallest absolute Gasteiger partial charge is 0.134 e. The van der Waals surface area contributed by atoms with Crippen LogP contribution in [-0.2, 0) is 6.54 Å². The number of para-hydroxylation sites is 3. The lowest BCUT2D eigenvalue weighted by molar-refractivity contribution is -0.191. The summed E-state index contributed by atoms with van der Waals surface area (Å²) >= 11 is 0. The Morgan fingerprint density at radius 1 is 0.357 bits per heavy atom. The van der Waals surface area contributed by atoms with Crippen LogP contribution in [0.3, 0.4) is 0 Å². The van der Waals surface area contributed by atoms with Crippen LogP contribution in [0, 0.1) is 0 Å². The van der Waals surface area contributed by atoms with E-state index in [2.05, 4.69) is 224 Å². The molecule has 0 amide bonds. The summed E-state index contributed by atoms with van der Waals surface area (Å²) in [5.41, 5.74) is 13.6. The molecule has 0 N–H and O–H groups in total. The molecule has 0 spiro atoms. The van der Waals surface area contributed by atoms with Crippen molar-refractivity contribution in [2.45, 2.75) is 18.9 Å². The van der Waals surface area contributed by atoms with E-state index in [4.69, 9.17) is 0 Å². The number of fused-ring (bicyclic) bond motifs is 7. The Labute approximate surface area is 325 Å². The van der Waals surface area contributed by atoms with Gasteiger partial charge >= 0.3 is 0 Å². The Morgan fingerprint density at radius 2 is 0.857 bits per heavy atom. The molecule has 2 aliphatic rings. The molecule has 5 heteroatoms. The maximum Gasteiger partial charge on any atom is 0.134 e. The highest BCUT2D eigenvalue weighted by Crippen LogP contribution is 2.60. The summed E-state index contributed by atoms with van der Waals surface area (Å²) in [7, 11) is 0. The highest BCUT2D eigenvalue weighted by molar-refractivity contribution is 6.12. The van der Waals surface area contributed by atoms with E-state index in [0.717, 1.165) is 6.54 Å². The first kappa shape index (κ1) is 31.6. The standard InChI is InChI=1S/C51H37N5/c1-4-15-35(16-5-1)34-52-50(55-51(56(52)55)36-17-6-2-7-18-36)39-19-14-22-41(31-39)54-47-26-13-11-24-43(47)45-33-38(28-30-49(45)54)37-27-29-48-44(32-37)42-23-10-12-25-46(42)53(48)40-20-8-3-9-21-40/h1-33,50-51H,34H2. The minimum Gasteiger partial charge on any atom is -0.309 e. The first-order chi connectivity index (χ1) is 27.8. The molecule has 2 aromatic heterocycles. The summed E-state index contributed by atoms with van der Waals surface area (Å²) < 4.78 is 4.83. The summed E-state index contributed by atoms with van der Waals surface area (Å²) in [6.45, 7) is 0.853. The third-order valence-corrected chi connectivity index (χ3v) is 11.9. The van der Waals surface area contributed by atoms with Gasteiger partial charge in [-0.2, -0.15) is 10.0 Å². The molecule has 4 unspecified atom stereocenters. The number of benzene rings is 8. The van der Waals surface area contributed by atoms with Crippen molar-refractivity contribution in [2.24, 2.45) is 0 Å². The van der Waals surface area contributed by atoms with Crippen LogP contribution in [-0.4, -0.2) is 24.3 Å². The summed E-state index contributed by atoms with van der Waals surface area (Å²) in [4.78, 5) is 0. The van der Waals surface area contributed by atoms with Gasteiger partial charge in [-0.25, -0.2) is 0 Å². The van der Waals surface area contributed by atoms with Crippen LogP contribution >= 0.6 is 0 Å². The van der Waals surface area contributed by atoms with E-state index in [1.54, 1.807) is 0 Å². The molecular weight excluding hydrogens is 683 g/mol. The molecule has 0 saturated carbocycles. The van der Waals surface area contributed by atoms with E-state index in [0.29, 0.717) is 0 Å². The van der Waals surface area contributed by atoms with Crippen molar-refractivity contribution >= 4 is 43.6 Å². The quantitative estimate of drug-likeness (QED) is 0.153. The predicted molar refractivity (Wildman–Crippen MR) is 228 cm³/mol. The number of rotatable bonds is 7. The Balaban J connectivity index is 0.954. The molecule has 2 saturated heterocycles. The maximum atomic E-state index is 2.51. The molecule has 2 fully saturated rings. The predicted octanol–water partition coefficient (Wildman–Crippen LogP) is 12.2. The van der Waals surface area contributed by atoms with Gasteiger partial charge in [0.15, 0.2) is 0 Å². The van der Waals surface area contributed by atoms with Crippen molar-refractivity contribution in [1.29, 1.82) is 0 Å². The third-order valence-electron chi connectivity index (χ3n) is 11.9. The monoisotopic (exact) mass is 719 g/mol. The third kappa shape index (κ3) is 4.79. The summed E-state index contributed by atoms with van der Waals surface area (Å²) in [5.74, 6) is 0. The fourth-order valence-electron chi connectivity index (χ4n) is 9.32. The van der Waals surface area contributed by atoms with Crippen LogP contribution in [0.5, 0.6) is 0 Å². The minimum absolute atomic E-state index is 0.141. The highest BCUT2D eigenvalue weighted by Gasteiger charge is 2.66. The van der Waals surface area contributed by atoms with Gasteiger partial charge in [-0.05, 0) is 88.5 Å². The molecule has 12 rings (SSSR count). The van der Waals surface area contributed by atoms with Crippen LogP contribution in [0.1, 0.15) is 29.0 Å². The van der Waals surface area contributed by atoms with Gasteiger partial charge in [0.2, 0.25) is 0 Å². The normalized spacial score (nSPS) is 19.1. The lowest BCUT2D eigenvalue weighted by atomic mass is 10.0. The molecule has 4 atom stereocenters. The van der Waals surface area contributed by atoms with Gasteiger partial charge in [0, 0.05) is 39.5 Å². The van der Waals surface area contributed by atoms with Crippen molar-refractivity contribution in [3.63, 3.8) is 0 Å². The highest BCUT2D eigenvalue weighted by atomic mass is 16.2. The van der Waals surface area contributed by atoms with E-state index in [9.17, 15) is 0 Å². The minimum atomic E-state index is 0.141. The van der Waals surface area contributed by atoms with Gasteiger partial charge in [-0.1, -0.05) is 140 Å². The molecular formula is C51H37N5.